The summed E-state index contributed by atoms with van der Waals surface area (Å²) < 4.78 is 2.28. The Balaban J connectivity index is 2.07. The van der Waals surface area contributed by atoms with Crippen LogP contribution < -0.4 is 5.32 Å². The molecule has 2 aromatic rings. The number of aromatic nitrogens is 2. The summed E-state index contributed by atoms with van der Waals surface area (Å²) >= 11 is 1.71. The van der Waals surface area contributed by atoms with E-state index in [1.165, 1.54) is 5.69 Å². The van der Waals surface area contributed by atoms with E-state index in [-0.39, 0.29) is 0 Å². The number of rotatable bonds is 6. The number of aryl methyl sites for hydroxylation is 1. The van der Waals surface area contributed by atoms with Crippen molar-refractivity contribution in [2.75, 3.05) is 6.54 Å². The molecule has 0 aliphatic rings. The SMILES string of the molecule is CCCNC(C)c1cccn1Cc1csc(C)n1. The first kappa shape index (κ1) is 13.3. The van der Waals surface area contributed by atoms with Crippen LogP contribution in [0.25, 0.3) is 0 Å². The highest BCUT2D eigenvalue weighted by molar-refractivity contribution is 7.09. The summed E-state index contributed by atoms with van der Waals surface area (Å²) in [5, 5.41) is 6.80. The van der Waals surface area contributed by atoms with Crippen molar-refractivity contribution < 1.29 is 0 Å². The summed E-state index contributed by atoms with van der Waals surface area (Å²) in [5.74, 6) is 0. The minimum Gasteiger partial charge on any atom is -0.344 e. The van der Waals surface area contributed by atoms with Gasteiger partial charge < -0.3 is 9.88 Å². The van der Waals surface area contributed by atoms with Crippen molar-refractivity contribution >= 4 is 11.3 Å². The van der Waals surface area contributed by atoms with Crippen molar-refractivity contribution in [1.29, 1.82) is 0 Å². The average molecular weight is 263 g/mol. The minimum atomic E-state index is 0.389. The van der Waals surface area contributed by atoms with E-state index in [1.54, 1.807) is 11.3 Å². The summed E-state index contributed by atoms with van der Waals surface area (Å²) in [6.07, 6.45) is 3.30. The summed E-state index contributed by atoms with van der Waals surface area (Å²) in [4.78, 5) is 4.53. The van der Waals surface area contributed by atoms with Crippen LogP contribution >= 0.6 is 11.3 Å². The molecule has 1 N–H and O–H groups in total. The molecule has 2 aromatic heterocycles. The molecule has 2 rings (SSSR count). The number of hydrogen-bond donors (Lipinski definition) is 1. The van der Waals surface area contributed by atoms with Gasteiger partial charge in [-0.25, -0.2) is 4.98 Å². The molecule has 0 aromatic carbocycles. The molecule has 1 atom stereocenters. The Kier molecular flexibility index (Phi) is 4.55. The number of hydrogen-bond acceptors (Lipinski definition) is 3. The summed E-state index contributed by atoms with van der Waals surface area (Å²) in [7, 11) is 0. The molecular weight excluding hydrogens is 242 g/mol. The van der Waals surface area contributed by atoms with E-state index in [9.17, 15) is 0 Å². The maximum absolute atomic E-state index is 4.53. The van der Waals surface area contributed by atoms with E-state index in [4.69, 9.17) is 0 Å². The summed E-state index contributed by atoms with van der Waals surface area (Å²) in [6, 6.07) is 4.69. The Hall–Kier alpha value is -1.13. The monoisotopic (exact) mass is 263 g/mol. The third-order valence-corrected chi connectivity index (χ3v) is 3.83. The van der Waals surface area contributed by atoms with Gasteiger partial charge in [-0.3, -0.25) is 0 Å². The fourth-order valence-corrected chi connectivity index (χ4v) is 2.69. The minimum absolute atomic E-state index is 0.389. The van der Waals surface area contributed by atoms with E-state index < -0.39 is 0 Å². The molecule has 0 spiro atoms. The summed E-state index contributed by atoms with van der Waals surface area (Å²) in [5.41, 5.74) is 2.48. The quantitative estimate of drug-likeness (QED) is 0.866. The first-order valence-electron chi connectivity index (χ1n) is 6.50. The summed E-state index contributed by atoms with van der Waals surface area (Å²) in [6.45, 7) is 8.38. The van der Waals surface area contributed by atoms with Crippen LogP contribution in [0.3, 0.4) is 0 Å². The Morgan fingerprint density at radius 3 is 3.00 bits per heavy atom. The molecule has 3 nitrogen and oxygen atoms in total. The van der Waals surface area contributed by atoms with Crippen LogP contribution in [-0.2, 0) is 6.54 Å². The number of nitrogens with one attached hydrogen (secondary N) is 1. The van der Waals surface area contributed by atoms with E-state index in [0.717, 1.165) is 30.2 Å². The largest absolute Gasteiger partial charge is 0.344 e. The van der Waals surface area contributed by atoms with Gasteiger partial charge in [0.05, 0.1) is 17.2 Å². The topological polar surface area (TPSA) is 29.9 Å². The second-order valence-electron chi connectivity index (χ2n) is 4.59. The molecule has 18 heavy (non-hydrogen) atoms. The molecule has 4 heteroatoms. The molecule has 0 saturated heterocycles. The van der Waals surface area contributed by atoms with Gasteiger partial charge in [-0.1, -0.05) is 6.92 Å². The molecule has 0 saturated carbocycles. The predicted octanol–water partition coefficient (Wildman–Crippen LogP) is 3.36. The molecule has 1 unspecified atom stereocenters. The maximum Gasteiger partial charge on any atom is 0.0898 e. The van der Waals surface area contributed by atoms with Crippen molar-refractivity contribution in [3.05, 3.63) is 40.1 Å². The number of nitrogens with zero attached hydrogens (tertiary/aromatic N) is 2. The van der Waals surface area contributed by atoms with Crippen molar-refractivity contribution in [3.8, 4) is 0 Å². The molecule has 2 heterocycles. The Morgan fingerprint density at radius 1 is 1.50 bits per heavy atom. The van der Waals surface area contributed by atoms with E-state index in [1.807, 2.05) is 0 Å². The lowest BCUT2D eigenvalue weighted by Crippen LogP contribution is -2.22. The van der Waals surface area contributed by atoms with E-state index in [2.05, 4.69) is 59.3 Å². The highest BCUT2D eigenvalue weighted by Gasteiger charge is 2.10. The van der Waals surface area contributed by atoms with Crippen LogP contribution in [0.4, 0.5) is 0 Å². The second kappa shape index (κ2) is 6.16. The average Bonchev–Trinajstić information content (AvgIpc) is 2.96. The highest BCUT2D eigenvalue weighted by Crippen LogP contribution is 2.16. The van der Waals surface area contributed by atoms with Gasteiger partial charge in [0.15, 0.2) is 0 Å². The van der Waals surface area contributed by atoms with Crippen molar-refractivity contribution in [2.45, 2.75) is 39.8 Å². The van der Waals surface area contributed by atoms with Crippen molar-refractivity contribution in [3.63, 3.8) is 0 Å². The molecule has 0 fully saturated rings. The van der Waals surface area contributed by atoms with Gasteiger partial charge in [0.1, 0.15) is 0 Å². The lowest BCUT2D eigenvalue weighted by molar-refractivity contribution is 0.533. The van der Waals surface area contributed by atoms with Crippen LogP contribution in [0.2, 0.25) is 0 Å². The van der Waals surface area contributed by atoms with Gasteiger partial charge >= 0.3 is 0 Å². The third-order valence-electron chi connectivity index (χ3n) is 3.01. The van der Waals surface area contributed by atoms with Gasteiger partial charge in [0.2, 0.25) is 0 Å². The molecule has 0 aliphatic heterocycles. The maximum atomic E-state index is 4.53. The standard InChI is InChI=1S/C14H21N3S/c1-4-7-15-11(2)14-6-5-8-17(14)9-13-10-18-12(3)16-13/h5-6,8,10-11,15H,4,7,9H2,1-3H3. The predicted molar refractivity (Wildman–Crippen MR) is 77.1 cm³/mol. The normalized spacial score (nSPS) is 12.8. The Labute approximate surface area is 113 Å². The third kappa shape index (κ3) is 3.21. The van der Waals surface area contributed by atoms with Crippen LogP contribution in [0.15, 0.2) is 23.7 Å². The van der Waals surface area contributed by atoms with Gasteiger partial charge in [0.25, 0.3) is 0 Å². The Bertz CT molecular complexity index is 487. The lowest BCUT2D eigenvalue weighted by atomic mass is 10.2. The van der Waals surface area contributed by atoms with Crippen molar-refractivity contribution in [2.24, 2.45) is 0 Å². The van der Waals surface area contributed by atoms with Gasteiger partial charge in [0, 0.05) is 23.3 Å². The molecule has 98 valence electrons. The first-order chi connectivity index (χ1) is 8.70. The zero-order valence-corrected chi connectivity index (χ0v) is 12.1. The first-order valence-corrected chi connectivity index (χ1v) is 7.38. The fourth-order valence-electron chi connectivity index (χ4n) is 2.09. The lowest BCUT2D eigenvalue weighted by Gasteiger charge is -2.16. The van der Waals surface area contributed by atoms with Crippen LogP contribution in [0.5, 0.6) is 0 Å². The van der Waals surface area contributed by atoms with E-state index in [0.29, 0.717) is 6.04 Å². The smallest absolute Gasteiger partial charge is 0.0898 e. The zero-order chi connectivity index (χ0) is 13.0. The molecule has 0 bridgehead atoms. The molecule has 0 aliphatic carbocycles. The van der Waals surface area contributed by atoms with Crippen molar-refractivity contribution in [1.82, 2.24) is 14.9 Å². The Morgan fingerprint density at radius 2 is 2.33 bits per heavy atom. The molecule has 0 radical (unpaired) electrons. The number of thiazole rings is 1. The highest BCUT2D eigenvalue weighted by atomic mass is 32.1. The molecular formula is C14H21N3S. The zero-order valence-electron chi connectivity index (χ0n) is 11.3. The van der Waals surface area contributed by atoms with Crippen LogP contribution in [-0.4, -0.2) is 16.1 Å². The van der Waals surface area contributed by atoms with Gasteiger partial charge in [-0.05, 0) is 38.9 Å². The molecule has 0 amide bonds. The van der Waals surface area contributed by atoms with Gasteiger partial charge in [-0.15, -0.1) is 11.3 Å². The fraction of sp³-hybridized carbons (Fsp3) is 0.500. The van der Waals surface area contributed by atoms with Crippen LogP contribution in [0.1, 0.15) is 42.7 Å². The second-order valence-corrected chi connectivity index (χ2v) is 5.66. The van der Waals surface area contributed by atoms with Gasteiger partial charge in [-0.2, -0.15) is 0 Å². The van der Waals surface area contributed by atoms with E-state index >= 15 is 0 Å². The van der Waals surface area contributed by atoms with Crippen LogP contribution in [0, 0.1) is 6.92 Å².